The molecule has 3 aliphatic rings. The van der Waals surface area contributed by atoms with Crippen molar-refractivity contribution < 1.29 is 14.3 Å². The maximum absolute atomic E-state index is 13.0. The third-order valence-corrected chi connectivity index (χ3v) is 6.25. The van der Waals surface area contributed by atoms with E-state index < -0.39 is 0 Å². The summed E-state index contributed by atoms with van der Waals surface area (Å²) in [7, 11) is 1.69. The summed E-state index contributed by atoms with van der Waals surface area (Å²) < 4.78 is 11.3. The molecule has 1 amide bonds. The predicted octanol–water partition coefficient (Wildman–Crippen LogP) is 2.54. The Labute approximate surface area is 156 Å². The summed E-state index contributed by atoms with van der Waals surface area (Å²) in [5.74, 6) is 1.76. The molecule has 1 aromatic rings. The lowest BCUT2D eigenvalue weighted by Gasteiger charge is -2.45. The molecule has 5 heteroatoms. The Kier molecular flexibility index (Phi) is 5.46. The maximum atomic E-state index is 13.0. The van der Waals surface area contributed by atoms with Crippen molar-refractivity contribution in [2.24, 2.45) is 11.8 Å². The number of hydrogen-bond donors (Lipinski definition) is 0. The van der Waals surface area contributed by atoms with Crippen molar-refractivity contribution in [2.45, 2.75) is 38.3 Å². The van der Waals surface area contributed by atoms with Crippen LogP contribution in [0.25, 0.3) is 0 Å². The number of nitrogens with zero attached hydrogens (tertiary/aromatic N) is 2. The van der Waals surface area contributed by atoms with Gasteiger partial charge in [-0.15, -0.1) is 0 Å². The number of carbonyl (C=O) groups excluding carboxylic acids is 1. The molecule has 5 nitrogen and oxygen atoms in total. The molecule has 0 N–H and O–H groups in total. The summed E-state index contributed by atoms with van der Waals surface area (Å²) in [6.07, 6.45) is 4.49. The van der Waals surface area contributed by atoms with Gasteiger partial charge in [0.15, 0.2) is 0 Å². The van der Waals surface area contributed by atoms with Crippen molar-refractivity contribution in [1.29, 1.82) is 0 Å². The van der Waals surface area contributed by atoms with Crippen LogP contribution in [0, 0.1) is 11.8 Å². The minimum absolute atomic E-state index is 0.144. The molecule has 4 rings (SSSR count). The summed E-state index contributed by atoms with van der Waals surface area (Å²) in [5, 5.41) is 0. The summed E-state index contributed by atoms with van der Waals surface area (Å²) in [5.41, 5.74) is 1.29. The van der Waals surface area contributed by atoms with Gasteiger partial charge in [-0.05, 0) is 43.4 Å². The number of carbonyl (C=O) groups is 1. The zero-order chi connectivity index (χ0) is 17.9. The summed E-state index contributed by atoms with van der Waals surface area (Å²) in [6, 6.07) is 8.31. The standard InChI is InChI=1S/C21H30N2O3/c1-25-17-6-4-16(5-7-17)14-22-12-8-20-19(15-22)18(9-13-26-20)21(24)23-10-2-3-11-23/h4-7,18-20H,2-3,8-15H2,1H3/t18-,19+,20-/m1/s1. The van der Waals surface area contributed by atoms with E-state index in [0.717, 1.165) is 70.8 Å². The van der Waals surface area contributed by atoms with Gasteiger partial charge in [0.2, 0.25) is 5.91 Å². The number of methoxy groups -OCH3 is 1. The number of benzene rings is 1. The van der Waals surface area contributed by atoms with E-state index in [1.807, 2.05) is 12.1 Å². The van der Waals surface area contributed by atoms with Crippen LogP contribution in [0.1, 0.15) is 31.2 Å². The van der Waals surface area contributed by atoms with Gasteiger partial charge >= 0.3 is 0 Å². The Hall–Kier alpha value is -1.59. The minimum Gasteiger partial charge on any atom is -0.497 e. The van der Waals surface area contributed by atoms with E-state index in [2.05, 4.69) is 21.9 Å². The third kappa shape index (κ3) is 3.74. The highest BCUT2D eigenvalue weighted by Crippen LogP contribution is 2.35. The van der Waals surface area contributed by atoms with Crippen molar-refractivity contribution in [1.82, 2.24) is 9.80 Å². The number of ether oxygens (including phenoxy) is 2. The number of piperidine rings is 1. The fourth-order valence-corrected chi connectivity index (χ4v) is 4.80. The van der Waals surface area contributed by atoms with Crippen LogP contribution in [0.15, 0.2) is 24.3 Å². The molecule has 0 saturated carbocycles. The van der Waals surface area contributed by atoms with E-state index in [0.29, 0.717) is 11.8 Å². The first kappa shape index (κ1) is 17.8. The third-order valence-electron chi connectivity index (χ3n) is 6.25. The first-order valence-electron chi connectivity index (χ1n) is 10.0. The van der Waals surface area contributed by atoms with Crippen LogP contribution in [-0.4, -0.2) is 61.7 Å². The normalized spacial score (nSPS) is 29.4. The first-order valence-corrected chi connectivity index (χ1v) is 10.0. The minimum atomic E-state index is 0.144. The Morgan fingerprint density at radius 2 is 1.92 bits per heavy atom. The topological polar surface area (TPSA) is 42.0 Å². The number of amides is 1. The molecule has 0 unspecified atom stereocenters. The summed E-state index contributed by atoms with van der Waals surface area (Å²) in [4.78, 5) is 17.6. The number of likely N-dealkylation sites (tertiary alicyclic amines) is 2. The first-order chi connectivity index (χ1) is 12.7. The van der Waals surface area contributed by atoms with Gasteiger partial charge in [0.25, 0.3) is 0 Å². The predicted molar refractivity (Wildman–Crippen MR) is 100 cm³/mol. The summed E-state index contributed by atoms with van der Waals surface area (Å²) in [6.45, 7) is 5.56. The van der Waals surface area contributed by atoms with Crippen LogP contribution >= 0.6 is 0 Å². The van der Waals surface area contributed by atoms with E-state index in [4.69, 9.17) is 9.47 Å². The molecule has 3 aliphatic heterocycles. The molecular formula is C21H30N2O3. The van der Waals surface area contributed by atoms with Gasteiger partial charge in [0.1, 0.15) is 5.75 Å². The van der Waals surface area contributed by atoms with Crippen molar-refractivity contribution in [2.75, 3.05) is 39.9 Å². The van der Waals surface area contributed by atoms with E-state index in [9.17, 15) is 4.79 Å². The zero-order valence-electron chi connectivity index (χ0n) is 15.7. The average molecular weight is 358 g/mol. The van der Waals surface area contributed by atoms with Gasteiger partial charge in [-0.2, -0.15) is 0 Å². The van der Waals surface area contributed by atoms with Gasteiger partial charge in [-0.3, -0.25) is 9.69 Å². The Morgan fingerprint density at radius 3 is 2.65 bits per heavy atom. The average Bonchev–Trinajstić information content (AvgIpc) is 3.22. The van der Waals surface area contributed by atoms with Gasteiger partial charge in [-0.1, -0.05) is 12.1 Å². The highest BCUT2D eigenvalue weighted by Gasteiger charge is 2.43. The van der Waals surface area contributed by atoms with Crippen molar-refractivity contribution in [3.8, 4) is 5.75 Å². The fourth-order valence-electron chi connectivity index (χ4n) is 4.80. The second-order valence-electron chi connectivity index (χ2n) is 7.87. The molecule has 0 spiro atoms. The second-order valence-corrected chi connectivity index (χ2v) is 7.87. The molecule has 3 saturated heterocycles. The van der Waals surface area contributed by atoms with Crippen LogP contribution in [0.5, 0.6) is 5.75 Å². The molecule has 3 atom stereocenters. The van der Waals surface area contributed by atoms with Gasteiger partial charge < -0.3 is 14.4 Å². The van der Waals surface area contributed by atoms with E-state index in [-0.39, 0.29) is 12.0 Å². The van der Waals surface area contributed by atoms with Gasteiger partial charge in [0, 0.05) is 51.2 Å². The fraction of sp³-hybridized carbons (Fsp3) is 0.667. The van der Waals surface area contributed by atoms with Crippen molar-refractivity contribution >= 4 is 5.91 Å². The van der Waals surface area contributed by atoms with Crippen LogP contribution < -0.4 is 4.74 Å². The van der Waals surface area contributed by atoms with Crippen molar-refractivity contribution in [3.63, 3.8) is 0 Å². The number of hydrogen-bond acceptors (Lipinski definition) is 4. The molecule has 142 valence electrons. The quantitative estimate of drug-likeness (QED) is 0.830. The molecule has 3 fully saturated rings. The maximum Gasteiger partial charge on any atom is 0.226 e. The van der Waals surface area contributed by atoms with Crippen LogP contribution in [-0.2, 0) is 16.1 Å². The molecule has 0 aromatic heterocycles. The molecule has 26 heavy (non-hydrogen) atoms. The lowest BCUT2D eigenvalue weighted by molar-refractivity contribution is -0.150. The monoisotopic (exact) mass is 358 g/mol. The van der Waals surface area contributed by atoms with Crippen LogP contribution in [0.2, 0.25) is 0 Å². The van der Waals surface area contributed by atoms with Crippen LogP contribution in [0.3, 0.4) is 0 Å². The van der Waals surface area contributed by atoms with Gasteiger partial charge in [-0.25, -0.2) is 0 Å². The lowest BCUT2D eigenvalue weighted by atomic mass is 9.78. The second kappa shape index (κ2) is 7.97. The number of rotatable bonds is 4. The molecule has 0 bridgehead atoms. The Morgan fingerprint density at radius 1 is 1.15 bits per heavy atom. The van der Waals surface area contributed by atoms with Crippen molar-refractivity contribution in [3.05, 3.63) is 29.8 Å². The molecule has 3 heterocycles. The Balaban J connectivity index is 1.41. The molecular weight excluding hydrogens is 328 g/mol. The van der Waals surface area contributed by atoms with Crippen LogP contribution in [0.4, 0.5) is 0 Å². The highest BCUT2D eigenvalue weighted by molar-refractivity contribution is 5.79. The largest absolute Gasteiger partial charge is 0.497 e. The smallest absolute Gasteiger partial charge is 0.226 e. The zero-order valence-corrected chi connectivity index (χ0v) is 15.7. The summed E-state index contributed by atoms with van der Waals surface area (Å²) >= 11 is 0. The molecule has 0 radical (unpaired) electrons. The molecule has 1 aromatic carbocycles. The Bertz CT molecular complexity index is 612. The van der Waals surface area contributed by atoms with E-state index in [1.165, 1.54) is 5.56 Å². The SMILES string of the molecule is COc1ccc(CN2CC[C@H]3OCC[C@@H](C(=O)N4CCCC4)[C@@H]3C2)cc1. The number of fused-ring (bicyclic) bond motifs is 1. The van der Waals surface area contributed by atoms with E-state index >= 15 is 0 Å². The van der Waals surface area contributed by atoms with E-state index in [1.54, 1.807) is 7.11 Å². The van der Waals surface area contributed by atoms with Gasteiger partial charge in [0.05, 0.1) is 13.2 Å². The lowest BCUT2D eigenvalue weighted by Crippen LogP contribution is -2.53. The molecule has 0 aliphatic carbocycles. The highest BCUT2D eigenvalue weighted by atomic mass is 16.5.